The van der Waals surface area contributed by atoms with Crippen LogP contribution in [0.5, 0.6) is 11.5 Å². The van der Waals surface area contributed by atoms with Crippen molar-refractivity contribution in [1.82, 2.24) is 0 Å². The first kappa shape index (κ1) is 20.3. The van der Waals surface area contributed by atoms with E-state index in [1.807, 2.05) is 32.0 Å². The molecule has 0 radical (unpaired) electrons. The third-order valence-electron chi connectivity index (χ3n) is 5.43. The first-order valence-electron chi connectivity index (χ1n) is 10.5. The van der Waals surface area contributed by atoms with Crippen molar-refractivity contribution in [2.24, 2.45) is 0 Å². The Morgan fingerprint density at radius 1 is 1.33 bits per heavy atom. The van der Waals surface area contributed by atoms with Crippen molar-refractivity contribution in [3.63, 3.8) is 0 Å². The van der Waals surface area contributed by atoms with Crippen LogP contribution in [0.25, 0.3) is 6.08 Å². The van der Waals surface area contributed by atoms with Crippen LogP contribution in [-0.4, -0.2) is 31.7 Å². The maximum Gasteiger partial charge on any atom is 0.248 e. The Hall–Kier alpha value is -3.02. The largest absolute Gasteiger partial charge is 0.493 e. The highest BCUT2D eigenvalue weighted by Crippen LogP contribution is 2.36. The standard InChI is InChI=1S/C24H27FN2O3/c1-3-29-21-15-18-13-16(2)30-22(18)14-17(21)9-10-23(28)26-24-19(25)7-6-8-20(24)27-11-4-5-12-27/h6-10,14-16H,3-5,11-13H2,1-2H3,(H,26,28)/b10-9+. The topological polar surface area (TPSA) is 50.8 Å². The molecule has 1 N–H and O–H groups in total. The van der Waals surface area contributed by atoms with Gasteiger partial charge in [0, 0.05) is 36.7 Å². The second-order valence-electron chi connectivity index (χ2n) is 7.71. The Morgan fingerprint density at radius 2 is 2.13 bits per heavy atom. The summed E-state index contributed by atoms with van der Waals surface area (Å²) in [5.41, 5.74) is 2.82. The summed E-state index contributed by atoms with van der Waals surface area (Å²) in [6, 6.07) is 8.76. The normalized spacial score (nSPS) is 17.8. The minimum Gasteiger partial charge on any atom is -0.493 e. The zero-order valence-electron chi connectivity index (χ0n) is 17.4. The zero-order valence-corrected chi connectivity index (χ0v) is 17.4. The lowest BCUT2D eigenvalue weighted by Crippen LogP contribution is -2.21. The van der Waals surface area contributed by atoms with E-state index in [9.17, 15) is 9.18 Å². The number of para-hydroxylation sites is 1. The number of fused-ring (bicyclic) bond motifs is 1. The summed E-state index contributed by atoms with van der Waals surface area (Å²) in [6.45, 7) is 6.21. The number of benzene rings is 2. The molecule has 2 aromatic carbocycles. The predicted molar refractivity (Wildman–Crippen MR) is 117 cm³/mol. The van der Waals surface area contributed by atoms with Gasteiger partial charge in [-0.1, -0.05) is 6.07 Å². The van der Waals surface area contributed by atoms with Gasteiger partial charge in [0.25, 0.3) is 0 Å². The molecule has 5 nitrogen and oxygen atoms in total. The SMILES string of the molecule is CCOc1cc2c(cc1/C=C/C(=O)Nc1c(F)cccc1N1CCCC1)OC(C)C2. The lowest BCUT2D eigenvalue weighted by Gasteiger charge is -2.21. The number of carbonyl (C=O) groups excluding carboxylic acids is 1. The smallest absolute Gasteiger partial charge is 0.248 e. The van der Waals surface area contributed by atoms with Crippen molar-refractivity contribution in [3.8, 4) is 11.5 Å². The van der Waals surface area contributed by atoms with Gasteiger partial charge in [-0.3, -0.25) is 4.79 Å². The Bertz CT molecular complexity index is 967. The van der Waals surface area contributed by atoms with Crippen molar-refractivity contribution in [1.29, 1.82) is 0 Å². The Labute approximate surface area is 176 Å². The van der Waals surface area contributed by atoms with E-state index < -0.39 is 11.7 Å². The molecule has 2 aromatic rings. The number of rotatable bonds is 6. The maximum absolute atomic E-state index is 14.5. The second kappa shape index (κ2) is 8.78. The summed E-state index contributed by atoms with van der Waals surface area (Å²) in [4.78, 5) is 14.7. The van der Waals surface area contributed by atoms with Crippen molar-refractivity contribution in [3.05, 3.63) is 53.4 Å². The van der Waals surface area contributed by atoms with Gasteiger partial charge in [-0.15, -0.1) is 0 Å². The molecule has 1 saturated heterocycles. The number of ether oxygens (including phenoxy) is 2. The molecule has 0 aliphatic carbocycles. The van der Waals surface area contributed by atoms with E-state index in [0.29, 0.717) is 12.4 Å². The number of carbonyl (C=O) groups is 1. The van der Waals surface area contributed by atoms with Crippen LogP contribution in [0, 0.1) is 5.82 Å². The van der Waals surface area contributed by atoms with Crippen LogP contribution in [0.4, 0.5) is 15.8 Å². The average molecular weight is 410 g/mol. The molecule has 2 aliphatic heterocycles. The third kappa shape index (κ3) is 4.27. The van der Waals surface area contributed by atoms with Crippen molar-refractivity contribution >= 4 is 23.4 Å². The maximum atomic E-state index is 14.5. The molecule has 158 valence electrons. The number of hydrogen-bond acceptors (Lipinski definition) is 4. The molecule has 2 heterocycles. The molecule has 6 heteroatoms. The van der Waals surface area contributed by atoms with Crippen molar-refractivity contribution in [2.75, 3.05) is 29.9 Å². The van der Waals surface area contributed by atoms with E-state index in [2.05, 4.69) is 10.2 Å². The average Bonchev–Trinajstić information content (AvgIpc) is 3.36. The molecule has 30 heavy (non-hydrogen) atoms. The number of hydrogen-bond donors (Lipinski definition) is 1. The lowest BCUT2D eigenvalue weighted by molar-refractivity contribution is -0.111. The lowest BCUT2D eigenvalue weighted by atomic mass is 10.1. The first-order valence-corrected chi connectivity index (χ1v) is 10.5. The van der Waals surface area contributed by atoms with E-state index in [4.69, 9.17) is 9.47 Å². The van der Waals surface area contributed by atoms with Gasteiger partial charge in [-0.05, 0) is 57.0 Å². The van der Waals surface area contributed by atoms with Gasteiger partial charge in [0.15, 0.2) is 0 Å². The fourth-order valence-corrected chi connectivity index (χ4v) is 4.05. The molecule has 1 amide bonds. The Kier molecular flexibility index (Phi) is 5.93. The summed E-state index contributed by atoms with van der Waals surface area (Å²) < 4.78 is 26.1. The third-order valence-corrected chi connectivity index (χ3v) is 5.43. The summed E-state index contributed by atoms with van der Waals surface area (Å²) in [5, 5.41) is 2.72. The highest BCUT2D eigenvalue weighted by Gasteiger charge is 2.22. The van der Waals surface area contributed by atoms with Crippen LogP contribution in [0.1, 0.15) is 37.8 Å². The molecule has 1 atom stereocenters. The molecule has 1 unspecified atom stereocenters. The van der Waals surface area contributed by atoms with Gasteiger partial charge in [0.05, 0.1) is 12.3 Å². The predicted octanol–water partition coefficient (Wildman–Crippen LogP) is 4.80. The molecule has 0 aromatic heterocycles. The molecular weight excluding hydrogens is 383 g/mol. The molecule has 1 fully saturated rings. The number of anilines is 2. The number of nitrogens with zero attached hydrogens (tertiary/aromatic N) is 1. The minimum atomic E-state index is -0.434. The summed E-state index contributed by atoms with van der Waals surface area (Å²) >= 11 is 0. The van der Waals surface area contributed by atoms with Crippen LogP contribution in [0.2, 0.25) is 0 Å². The number of halogens is 1. The highest BCUT2D eigenvalue weighted by molar-refractivity contribution is 6.04. The van der Waals surface area contributed by atoms with Crippen molar-refractivity contribution in [2.45, 2.75) is 39.2 Å². The van der Waals surface area contributed by atoms with E-state index >= 15 is 0 Å². The molecule has 4 rings (SSSR count). The zero-order chi connectivity index (χ0) is 21.1. The fourth-order valence-electron chi connectivity index (χ4n) is 4.05. The van der Waals surface area contributed by atoms with Crippen molar-refractivity contribution < 1.29 is 18.7 Å². The molecule has 0 bridgehead atoms. The Morgan fingerprint density at radius 3 is 2.90 bits per heavy atom. The van der Waals surface area contributed by atoms with Crippen LogP contribution < -0.4 is 19.7 Å². The van der Waals surface area contributed by atoms with Gasteiger partial charge >= 0.3 is 0 Å². The monoisotopic (exact) mass is 410 g/mol. The van der Waals surface area contributed by atoms with E-state index in [-0.39, 0.29) is 11.8 Å². The van der Waals surface area contributed by atoms with E-state index in [0.717, 1.165) is 54.9 Å². The summed E-state index contributed by atoms with van der Waals surface area (Å²) in [6.07, 6.45) is 6.20. The van der Waals surface area contributed by atoms with Crippen LogP contribution in [0.15, 0.2) is 36.4 Å². The van der Waals surface area contributed by atoms with E-state index in [1.54, 1.807) is 12.1 Å². The van der Waals surface area contributed by atoms with E-state index in [1.165, 1.54) is 12.1 Å². The number of nitrogens with one attached hydrogen (secondary N) is 1. The fraction of sp³-hybridized carbons (Fsp3) is 0.375. The molecular formula is C24H27FN2O3. The Balaban J connectivity index is 1.55. The van der Waals surface area contributed by atoms with Gasteiger partial charge in [0.2, 0.25) is 5.91 Å². The molecule has 2 aliphatic rings. The van der Waals surface area contributed by atoms with Gasteiger partial charge in [-0.25, -0.2) is 4.39 Å². The quantitative estimate of drug-likeness (QED) is 0.695. The van der Waals surface area contributed by atoms with Crippen LogP contribution >= 0.6 is 0 Å². The minimum absolute atomic E-state index is 0.127. The number of amides is 1. The summed E-state index contributed by atoms with van der Waals surface area (Å²) in [7, 11) is 0. The van der Waals surface area contributed by atoms with Gasteiger partial charge in [-0.2, -0.15) is 0 Å². The highest BCUT2D eigenvalue weighted by atomic mass is 19.1. The van der Waals surface area contributed by atoms with Gasteiger partial charge in [0.1, 0.15) is 29.1 Å². The van der Waals surface area contributed by atoms with Crippen LogP contribution in [0.3, 0.4) is 0 Å². The summed E-state index contributed by atoms with van der Waals surface area (Å²) in [5.74, 6) is 0.701. The molecule has 0 spiro atoms. The molecule has 0 saturated carbocycles. The second-order valence-corrected chi connectivity index (χ2v) is 7.71. The van der Waals surface area contributed by atoms with Crippen LogP contribution in [-0.2, 0) is 11.2 Å². The first-order chi connectivity index (χ1) is 14.5. The van der Waals surface area contributed by atoms with Gasteiger partial charge < -0.3 is 19.7 Å².